The van der Waals surface area contributed by atoms with Crippen LogP contribution in [0.25, 0.3) is 0 Å². The number of unbranched alkanes of at least 4 members (excludes halogenated alkanes) is 18. The van der Waals surface area contributed by atoms with Crippen molar-refractivity contribution in [3.05, 3.63) is 5.76 Å². The van der Waals surface area contributed by atoms with Crippen molar-refractivity contribution in [3.63, 3.8) is 0 Å². The first kappa shape index (κ1) is 52.1. The first-order valence-electron chi connectivity index (χ1n) is 22.7. The van der Waals surface area contributed by atoms with Crippen LogP contribution in [0.5, 0.6) is 0 Å². The van der Waals surface area contributed by atoms with Gasteiger partial charge in [0.25, 0.3) is 0 Å². The van der Waals surface area contributed by atoms with Crippen molar-refractivity contribution in [1.82, 2.24) is 9.80 Å². The number of aliphatic hydroxyl groups is 1. The Morgan fingerprint density at radius 1 is 0.426 bits per heavy atom. The van der Waals surface area contributed by atoms with E-state index in [4.69, 9.17) is 14.2 Å². The van der Waals surface area contributed by atoms with E-state index in [9.17, 15) is 19.5 Å². The van der Waals surface area contributed by atoms with Crippen LogP contribution >= 0.6 is 0 Å². The third-order valence-corrected chi connectivity index (χ3v) is 10.1. The number of carbonyl (C=O) groups excluding carboxylic acids is 3. The Morgan fingerprint density at radius 2 is 0.778 bits per heavy atom. The molecule has 0 aliphatic rings. The lowest BCUT2D eigenvalue weighted by atomic mass is 10.1. The summed E-state index contributed by atoms with van der Waals surface area (Å²) in [5.74, 6) is 2.37. The maximum atomic E-state index is 11.9. The third-order valence-electron chi connectivity index (χ3n) is 10.1. The molecule has 1 N–H and O–H groups in total. The fourth-order valence-corrected chi connectivity index (χ4v) is 6.67. The van der Waals surface area contributed by atoms with E-state index in [1.807, 2.05) is 5.94 Å². The van der Waals surface area contributed by atoms with Crippen molar-refractivity contribution in [1.29, 1.82) is 0 Å². The van der Waals surface area contributed by atoms with E-state index in [1.165, 1.54) is 25.7 Å². The number of carbonyl (C=O) groups is 2. The predicted molar refractivity (Wildman–Crippen MR) is 223 cm³/mol. The molecule has 54 heavy (non-hydrogen) atoms. The number of hydrogen-bond acceptors (Lipinski definition) is 9. The average Bonchev–Trinajstić information content (AvgIpc) is 3.17. The molecule has 0 heterocycles. The number of ether oxygens (including phenoxy) is 3. The van der Waals surface area contributed by atoms with Gasteiger partial charge < -0.3 is 29.1 Å². The van der Waals surface area contributed by atoms with E-state index >= 15 is 0 Å². The molecule has 0 amide bonds. The van der Waals surface area contributed by atoms with Gasteiger partial charge in [0.05, 0.1) is 26.4 Å². The van der Waals surface area contributed by atoms with Crippen LogP contribution < -0.4 is 0 Å². The van der Waals surface area contributed by atoms with Gasteiger partial charge in [-0.05, 0) is 96.9 Å². The molecule has 0 aromatic carbocycles. The van der Waals surface area contributed by atoms with Gasteiger partial charge in [0.1, 0.15) is 0 Å². The lowest BCUT2D eigenvalue weighted by molar-refractivity contribution is -0.144. The van der Waals surface area contributed by atoms with Crippen molar-refractivity contribution in [3.8, 4) is 0 Å². The fourth-order valence-electron chi connectivity index (χ4n) is 6.67. The van der Waals surface area contributed by atoms with Crippen molar-refractivity contribution in [2.75, 3.05) is 65.7 Å². The molecule has 0 spiro atoms. The summed E-state index contributed by atoms with van der Waals surface area (Å²) < 4.78 is 16.3. The highest BCUT2D eigenvalue weighted by Gasteiger charge is 2.10. The Balaban J connectivity index is 4.48. The standard InChI is InChI=1S/C45H86N2O7/c1-4-7-25-39-52-43(42-49)29-19-13-10-16-24-34-47(37-38-48)36-28-35-46(32-22-17-11-14-20-30-44(50)53-40-26-8-5-2)33-23-18-12-15-21-31-45(51)54-41-27-9-6-3/h48H,4-41H2,1-3H3. The van der Waals surface area contributed by atoms with Gasteiger partial charge >= 0.3 is 11.9 Å². The number of nitrogens with zero attached hydrogens (tertiary/aromatic N) is 2. The van der Waals surface area contributed by atoms with E-state index in [1.54, 1.807) is 0 Å². The molecule has 0 bridgehead atoms. The van der Waals surface area contributed by atoms with Crippen LogP contribution in [0.2, 0.25) is 0 Å². The summed E-state index contributed by atoms with van der Waals surface area (Å²) in [6.45, 7) is 14.4. The van der Waals surface area contributed by atoms with Crippen LogP contribution in [-0.4, -0.2) is 98.5 Å². The Kier molecular flexibility index (Phi) is 40.7. The molecule has 0 saturated heterocycles. The summed E-state index contributed by atoms with van der Waals surface area (Å²) in [5.41, 5.74) is 0. The first-order valence-corrected chi connectivity index (χ1v) is 22.7. The van der Waals surface area contributed by atoms with E-state index in [-0.39, 0.29) is 18.5 Å². The summed E-state index contributed by atoms with van der Waals surface area (Å²) >= 11 is 0. The maximum absolute atomic E-state index is 11.9. The highest BCUT2D eigenvalue weighted by Crippen LogP contribution is 2.14. The minimum absolute atomic E-state index is 0.0453. The van der Waals surface area contributed by atoms with Crippen LogP contribution in [0.4, 0.5) is 0 Å². The molecule has 0 rings (SSSR count). The molecule has 0 aliphatic heterocycles. The largest absolute Gasteiger partial charge is 0.487 e. The van der Waals surface area contributed by atoms with E-state index in [0.29, 0.717) is 44.8 Å². The Morgan fingerprint density at radius 3 is 1.19 bits per heavy atom. The summed E-state index contributed by atoms with van der Waals surface area (Å²) in [5, 5.41) is 9.72. The second-order valence-corrected chi connectivity index (χ2v) is 15.2. The molecule has 0 unspecified atom stereocenters. The van der Waals surface area contributed by atoms with Crippen molar-refractivity contribution >= 4 is 17.9 Å². The molecule has 9 heteroatoms. The number of esters is 2. The monoisotopic (exact) mass is 767 g/mol. The van der Waals surface area contributed by atoms with Crippen LogP contribution in [0.15, 0.2) is 5.76 Å². The number of hydrogen-bond donors (Lipinski definition) is 1. The minimum atomic E-state index is -0.0453. The zero-order valence-corrected chi connectivity index (χ0v) is 35.7. The zero-order valence-electron chi connectivity index (χ0n) is 35.7. The Hall–Kier alpha value is -1.93. The molecule has 0 atom stereocenters. The molecule has 0 aromatic rings. The van der Waals surface area contributed by atoms with Gasteiger partial charge in [0.15, 0.2) is 11.7 Å². The lowest BCUT2D eigenvalue weighted by Gasteiger charge is -2.26. The smallest absolute Gasteiger partial charge is 0.305 e. The van der Waals surface area contributed by atoms with Gasteiger partial charge in [-0.2, -0.15) is 0 Å². The van der Waals surface area contributed by atoms with E-state index < -0.39 is 0 Å². The molecule has 0 radical (unpaired) electrons. The maximum Gasteiger partial charge on any atom is 0.305 e. The second-order valence-electron chi connectivity index (χ2n) is 15.2. The van der Waals surface area contributed by atoms with Gasteiger partial charge in [-0.3, -0.25) is 9.59 Å². The summed E-state index contributed by atoms with van der Waals surface area (Å²) in [6, 6.07) is 0. The quantitative estimate of drug-likeness (QED) is 0.0281. The number of aliphatic hydroxyl groups excluding tert-OH is 1. The topological polar surface area (TPSA) is 106 Å². The van der Waals surface area contributed by atoms with Gasteiger partial charge in [-0.25, -0.2) is 4.79 Å². The van der Waals surface area contributed by atoms with Crippen molar-refractivity contribution in [2.45, 2.75) is 201 Å². The molecule has 0 aromatic heterocycles. The van der Waals surface area contributed by atoms with Gasteiger partial charge in [0.2, 0.25) is 0 Å². The Bertz CT molecular complexity index is 842. The minimum Gasteiger partial charge on any atom is -0.487 e. The van der Waals surface area contributed by atoms with Crippen LogP contribution in [0.1, 0.15) is 201 Å². The molecular weight excluding hydrogens is 681 g/mol. The molecule has 318 valence electrons. The Labute approximate surface area is 332 Å². The number of rotatable bonds is 43. The molecular formula is C45H86N2O7. The highest BCUT2D eigenvalue weighted by atomic mass is 16.5. The summed E-state index contributed by atoms with van der Waals surface area (Å²) in [7, 11) is 0. The van der Waals surface area contributed by atoms with Crippen LogP contribution in [0, 0.1) is 0 Å². The highest BCUT2D eigenvalue weighted by molar-refractivity contribution is 5.69. The molecule has 0 saturated carbocycles. The zero-order chi connectivity index (χ0) is 39.6. The number of allylic oxidation sites excluding steroid dienone is 1. The fraction of sp³-hybridized carbons (Fsp3) is 0.911. The average molecular weight is 767 g/mol. The van der Waals surface area contributed by atoms with Gasteiger partial charge in [-0.15, -0.1) is 0 Å². The third kappa shape index (κ3) is 37.0. The second kappa shape index (κ2) is 42.2. The van der Waals surface area contributed by atoms with Crippen LogP contribution in [0.3, 0.4) is 0 Å². The SMILES string of the molecule is CCCCCOC(=O)CCCCCCCN(CCCCCCCC(=O)OCCCCC)CCCN(CCO)CCCCCCCC(=C=O)OCCCCC. The van der Waals surface area contributed by atoms with Crippen molar-refractivity contribution < 1.29 is 33.7 Å². The summed E-state index contributed by atoms with van der Waals surface area (Å²) in [6.07, 6.45) is 29.1. The van der Waals surface area contributed by atoms with Gasteiger partial charge in [0, 0.05) is 25.8 Å². The predicted octanol–water partition coefficient (Wildman–Crippen LogP) is 10.4. The normalized spacial score (nSPS) is 11.3. The van der Waals surface area contributed by atoms with E-state index in [0.717, 1.165) is 174 Å². The lowest BCUT2D eigenvalue weighted by Crippen LogP contribution is -2.33. The van der Waals surface area contributed by atoms with Crippen LogP contribution in [-0.2, 0) is 28.6 Å². The molecule has 0 fully saturated rings. The first-order chi connectivity index (χ1) is 26.5. The van der Waals surface area contributed by atoms with E-state index in [2.05, 4.69) is 30.6 Å². The molecule has 9 nitrogen and oxygen atoms in total. The molecule has 0 aliphatic carbocycles. The summed E-state index contributed by atoms with van der Waals surface area (Å²) in [4.78, 5) is 40.1. The van der Waals surface area contributed by atoms with Gasteiger partial charge in [-0.1, -0.05) is 117 Å². The van der Waals surface area contributed by atoms with Crippen molar-refractivity contribution in [2.24, 2.45) is 0 Å².